The summed E-state index contributed by atoms with van der Waals surface area (Å²) in [6.07, 6.45) is 1.90. The number of aromatic nitrogens is 2. The van der Waals surface area contributed by atoms with Crippen molar-refractivity contribution in [3.05, 3.63) is 16.7 Å². The topological polar surface area (TPSA) is 83.7 Å². The third-order valence-corrected chi connectivity index (χ3v) is 5.43. The van der Waals surface area contributed by atoms with Gasteiger partial charge in [0.25, 0.3) is 10.0 Å². The van der Waals surface area contributed by atoms with Crippen molar-refractivity contribution in [3.8, 4) is 0 Å². The van der Waals surface area contributed by atoms with Crippen LogP contribution in [-0.4, -0.2) is 35.1 Å². The standard InChI is InChI=1S/C10H14ClN3O3S2/c1-10(2,3-5-15)13-19(16,17)8-7(11)12-9-14(8)4-6-18-9/h4,6,13,15H,3,5H2,1-2H3. The number of hydrogen-bond donors (Lipinski definition) is 2. The Labute approximate surface area is 120 Å². The number of nitrogens with one attached hydrogen (secondary N) is 1. The number of imidazole rings is 1. The van der Waals surface area contributed by atoms with Gasteiger partial charge in [-0.25, -0.2) is 18.1 Å². The molecule has 2 aromatic rings. The largest absolute Gasteiger partial charge is 0.396 e. The molecule has 0 fully saturated rings. The molecule has 0 atom stereocenters. The fourth-order valence-corrected chi connectivity index (χ4v) is 4.62. The molecule has 0 saturated carbocycles. The van der Waals surface area contributed by atoms with Gasteiger partial charge in [-0.1, -0.05) is 11.6 Å². The maximum Gasteiger partial charge on any atom is 0.260 e. The molecule has 0 unspecified atom stereocenters. The molecule has 0 saturated heterocycles. The molecule has 19 heavy (non-hydrogen) atoms. The van der Waals surface area contributed by atoms with E-state index in [1.54, 1.807) is 25.4 Å². The molecular formula is C10H14ClN3O3S2. The molecule has 2 heterocycles. The molecule has 2 N–H and O–H groups in total. The van der Waals surface area contributed by atoms with Crippen LogP contribution in [0.15, 0.2) is 16.6 Å². The van der Waals surface area contributed by atoms with Gasteiger partial charge in [-0.3, -0.25) is 4.40 Å². The summed E-state index contributed by atoms with van der Waals surface area (Å²) >= 11 is 7.21. The molecule has 0 radical (unpaired) electrons. The lowest BCUT2D eigenvalue weighted by molar-refractivity contribution is 0.245. The van der Waals surface area contributed by atoms with Gasteiger partial charge in [0, 0.05) is 23.7 Å². The predicted molar refractivity (Wildman–Crippen MR) is 74.2 cm³/mol. The molecule has 0 aliphatic carbocycles. The highest BCUT2D eigenvalue weighted by Crippen LogP contribution is 2.26. The van der Waals surface area contributed by atoms with Gasteiger partial charge in [0.2, 0.25) is 0 Å². The lowest BCUT2D eigenvalue weighted by atomic mass is 10.0. The van der Waals surface area contributed by atoms with Crippen molar-refractivity contribution in [3.63, 3.8) is 0 Å². The Hall–Kier alpha value is -0.670. The Morgan fingerprint density at radius 1 is 1.58 bits per heavy atom. The minimum Gasteiger partial charge on any atom is -0.396 e. The Kier molecular flexibility index (Phi) is 3.90. The lowest BCUT2D eigenvalue weighted by Gasteiger charge is -2.24. The Balaban J connectivity index is 2.45. The molecule has 2 aromatic heterocycles. The smallest absolute Gasteiger partial charge is 0.260 e. The molecule has 2 rings (SSSR count). The third-order valence-electron chi connectivity index (χ3n) is 2.58. The Morgan fingerprint density at radius 3 is 2.89 bits per heavy atom. The van der Waals surface area contributed by atoms with Gasteiger partial charge in [0.05, 0.1) is 0 Å². The van der Waals surface area contributed by atoms with E-state index in [9.17, 15) is 8.42 Å². The van der Waals surface area contributed by atoms with Crippen molar-refractivity contribution >= 4 is 37.9 Å². The number of hydrogen-bond acceptors (Lipinski definition) is 5. The van der Waals surface area contributed by atoms with E-state index >= 15 is 0 Å². The van der Waals surface area contributed by atoms with Crippen molar-refractivity contribution < 1.29 is 13.5 Å². The van der Waals surface area contributed by atoms with Crippen LogP contribution >= 0.6 is 22.9 Å². The van der Waals surface area contributed by atoms with E-state index in [0.29, 0.717) is 11.4 Å². The van der Waals surface area contributed by atoms with E-state index in [0.717, 1.165) is 0 Å². The third kappa shape index (κ3) is 2.92. The molecule has 0 amide bonds. The summed E-state index contributed by atoms with van der Waals surface area (Å²) in [6.45, 7) is 3.28. The van der Waals surface area contributed by atoms with Crippen LogP contribution < -0.4 is 4.72 Å². The molecule has 0 aromatic carbocycles. The van der Waals surface area contributed by atoms with E-state index in [1.807, 2.05) is 0 Å². The van der Waals surface area contributed by atoms with E-state index in [1.165, 1.54) is 15.7 Å². The number of thiazole rings is 1. The molecule has 0 spiro atoms. The minimum atomic E-state index is -3.81. The number of fused-ring (bicyclic) bond motifs is 1. The second-order valence-electron chi connectivity index (χ2n) is 4.73. The van der Waals surface area contributed by atoms with Crippen molar-refractivity contribution in [2.45, 2.75) is 30.8 Å². The summed E-state index contributed by atoms with van der Waals surface area (Å²) in [4.78, 5) is 4.51. The average Bonchev–Trinajstić information content (AvgIpc) is 2.73. The molecule has 6 nitrogen and oxygen atoms in total. The number of aliphatic hydroxyl groups is 1. The van der Waals surface area contributed by atoms with Crippen molar-refractivity contribution in [2.75, 3.05) is 6.61 Å². The van der Waals surface area contributed by atoms with Crippen LogP contribution in [0.5, 0.6) is 0 Å². The van der Waals surface area contributed by atoms with Crippen LogP contribution in [0.25, 0.3) is 4.96 Å². The van der Waals surface area contributed by atoms with Gasteiger partial charge in [0.1, 0.15) is 0 Å². The molecule has 0 aliphatic rings. The summed E-state index contributed by atoms with van der Waals surface area (Å²) in [7, 11) is -3.81. The number of rotatable bonds is 5. The normalized spacial score (nSPS) is 13.3. The van der Waals surface area contributed by atoms with Gasteiger partial charge in [-0.2, -0.15) is 0 Å². The summed E-state index contributed by atoms with van der Waals surface area (Å²) in [6, 6.07) is 0. The highest BCUT2D eigenvalue weighted by atomic mass is 35.5. The summed E-state index contributed by atoms with van der Waals surface area (Å²) in [5.41, 5.74) is -0.767. The molecule has 0 aliphatic heterocycles. The van der Waals surface area contributed by atoms with Gasteiger partial charge < -0.3 is 5.11 Å². The van der Waals surface area contributed by atoms with Gasteiger partial charge in [-0.15, -0.1) is 11.3 Å². The number of nitrogens with zero attached hydrogens (tertiary/aromatic N) is 2. The van der Waals surface area contributed by atoms with Crippen LogP contribution in [0.3, 0.4) is 0 Å². The zero-order chi connectivity index (χ0) is 14.3. The monoisotopic (exact) mass is 323 g/mol. The second-order valence-corrected chi connectivity index (χ2v) is 7.56. The second kappa shape index (κ2) is 5.02. The van der Waals surface area contributed by atoms with Crippen molar-refractivity contribution in [1.82, 2.24) is 14.1 Å². The minimum absolute atomic E-state index is 0.0563. The van der Waals surface area contributed by atoms with Crippen LogP contribution in [0.4, 0.5) is 0 Å². The lowest BCUT2D eigenvalue weighted by Crippen LogP contribution is -2.44. The highest BCUT2D eigenvalue weighted by Gasteiger charge is 2.31. The van der Waals surface area contributed by atoms with E-state index < -0.39 is 15.6 Å². The number of aliphatic hydroxyl groups excluding tert-OH is 1. The van der Waals surface area contributed by atoms with E-state index in [4.69, 9.17) is 16.7 Å². The maximum atomic E-state index is 12.4. The quantitative estimate of drug-likeness (QED) is 0.873. The fraction of sp³-hybridized carbons (Fsp3) is 0.500. The molecular weight excluding hydrogens is 310 g/mol. The first-order chi connectivity index (χ1) is 8.77. The van der Waals surface area contributed by atoms with Gasteiger partial charge in [-0.05, 0) is 20.3 Å². The zero-order valence-corrected chi connectivity index (χ0v) is 12.8. The SMILES string of the molecule is CC(C)(CCO)NS(=O)(=O)c1c(Cl)nc2sccn12. The predicted octanol–water partition coefficient (Wildman–Crippen LogP) is 1.49. The Bertz CT molecular complexity index is 690. The number of halogens is 1. The maximum absolute atomic E-state index is 12.4. The van der Waals surface area contributed by atoms with Crippen molar-refractivity contribution in [2.24, 2.45) is 0 Å². The van der Waals surface area contributed by atoms with Gasteiger partial charge >= 0.3 is 0 Å². The van der Waals surface area contributed by atoms with E-state index in [2.05, 4.69) is 9.71 Å². The zero-order valence-electron chi connectivity index (χ0n) is 10.4. The molecule has 106 valence electrons. The first-order valence-electron chi connectivity index (χ1n) is 5.53. The van der Waals surface area contributed by atoms with E-state index in [-0.39, 0.29) is 16.8 Å². The highest BCUT2D eigenvalue weighted by molar-refractivity contribution is 7.89. The first kappa shape index (κ1) is 14.7. The van der Waals surface area contributed by atoms with Gasteiger partial charge in [0.15, 0.2) is 15.1 Å². The van der Waals surface area contributed by atoms with Crippen LogP contribution in [-0.2, 0) is 10.0 Å². The van der Waals surface area contributed by atoms with Crippen LogP contribution in [0, 0.1) is 0 Å². The fourth-order valence-electron chi connectivity index (χ4n) is 1.72. The summed E-state index contributed by atoms with van der Waals surface area (Å²) < 4.78 is 28.7. The van der Waals surface area contributed by atoms with Crippen molar-refractivity contribution in [1.29, 1.82) is 0 Å². The van der Waals surface area contributed by atoms with Crippen LogP contribution in [0.1, 0.15) is 20.3 Å². The molecule has 0 bridgehead atoms. The summed E-state index contributed by atoms with van der Waals surface area (Å²) in [5.74, 6) is 0. The first-order valence-corrected chi connectivity index (χ1v) is 8.27. The average molecular weight is 324 g/mol. The molecule has 9 heteroatoms. The number of sulfonamides is 1. The Morgan fingerprint density at radius 2 is 2.26 bits per heavy atom. The summed E-state index contributed by atoms with van der Waals surface area (Å²) in [5, 5.41) is 10.5. The van der Waals surface area contributed by atoms with Crippen LogP contribution in [0.2, 0.25) is 5.15 Å².